The lowest BCUT2D eigenvalue weighted by molar-refractivity contribution is 0.407. The second-order valence-electron chi connectivity index (χ2n) is 4.15. The van der Waals surface area contributed by atoms with Gasteiger partial charge in [0.25, 0.3) is 5.89 Å². The maximum absolute atomic E-state index is 9.87. The minimum atomic E-state index is 0.0807. The van der Waals surface area contributed by atoms with Crippen molar-refractivity contribution in [3.63, 3.8) is 0 Å². The van der Waals surface area contributed by atoms with Crippen molar-refractivity contribution in [3.8, 4) is 23.0 Å². The highest BCUT2D eigenvalue weighted by molar-refractivity contribution is 7.09. The molecule has 0 unspecified atom stereocenters. The van der Waals surface area contributed by atoms with Crippen LogP contribution in [-0.4, -0.2) is 22.4 Å². The molecular formula is C14H12N2O3S. The molecule has 0 atom stereocenters. The summed E-state index contributed by atoms with van der Waals surface area (Å²) in [6, 6.07) is 8.87. The third-order valence-electron chi connectivity index (χ3n) is 2.81. The Morgan fingerprint density at radius 1 is 1.35 bits per heavy atom. The zero-order valence-corrected chi connectivity index (χ0v) is 11.6. The molecule has 102 valence electrons. The molecule has 0 fully saturated rings. The van der Waals surface area contributed by atoms with Crippen LogP contribution in [0.5, 0.6) is 11.5 Å². The second kappa shape index (κ2) is 5.34. The maximum atomic E-state index is 9.87. The smallest absolute Gasteiger partial charge is 0.261 e. The van der Waals surface area contributed by atoms with Crippen LogP contribution >= 0.6 is 11.3 Å². The zero-order valence-electron chi connectivity index (χ0n) is 10.7. The van der Waals surface area contributed by atoms with Crippen LogP contribution in [0.15, 0.2) is 40.2 Å². The van der Waals surface area contributed by atoms with Gasteiger partial charge in [-0.05, 0) is 29.6 Å². The molecule has 0 aliphatic carbocycles. The van der Waals surface area contributed by atoms with Gasteiger partial charge in [-0.15, -0.1) is 11.3 Å². The molecule has 0 saturated heterocycles. The first kappa shape index (κ1) is 12.7. The number of rotatable bonds is 4. The molecule has 1 N–H and O–H groups in total. The fourth-order valence-corrected chi connectivity index (χ4v) is 2.52. The molecule has 6 heteroatoms. The molecule has 2 heterocycles. The van der Waals surface area contributed by atoms with Gasteiger partial charge in [0, 0.05) is 11.3 Å². The summed E-state index contributed by atoms with van der Waals surface area (Å²) in [7, 11) is 1.56. The molecule has 0 saturated carbocycles. The standard InChI is InChI=1S/C14H12N2O3S/c1-18-9-4-5-12(17)11(7-9)14-15-13(16-19-14)8-10-3-2-6-20-10/h2-7,17H,8H2,1H3. The Morgan fingerprint density at radius 3 is 3.00 bits per heavy atom. The predicted octanol–water partition coefficient (Wildman–Crippen LogP) is 3.10. The Bertz CT molecular complexity index is 707. The van der Waals surface area contributed by atoms with E-state index >= 15 is 0 Å². The normalized spacial score (nSPS) is 10.7. The van der Waals surface area contributed by atoms with Crippen LogP contribution < -0.4 is 4.74 Å². The van der Waals surface area contributed by atoms with Crippen molar-refractivity contribution in [1.82, 2.24) is 10.1 Å². The van der Waals surface area contributed by atoms with Crippen molar-refractivity contribution in [1.29, 1.82) is 0 Å². The van der Waals surface area contributed by atoms with Crippen molar-refractivity contribution >= 4 is 11.3 Å². The molecule has 3 aromatic rings. The van der Waals surface area contributed by atoms with Gasteiger partial charge in [0.2, 0.25) is 0 Å². The van der Waals surface area contributed by atoms with E-state index in [-0.39, 0.29) is 11.6 Å². The lowest BCUT2D eigenvalue weighted by atomic mass is 10.2. The lowest BCUT2D eigenvalue weighted by Crippen LogP contribution is -1.88. The average Bonchev–Trinajstić information content (AvgIpc) is 3.12. The first-order chi connectivity index (χ1) is 9.76. The molecule has 20 heavy (non-hydrogen) atoms. The van der Waals surface area contributed by atoms with E-state index in [0.29, 0.717) is 23.6 Å². The van der Waals surface area contributed by atoms with E-state index in [4.69, 9.17) is 9.26 Å². The van der Waals surface area contributed by atoms with Crippen LogP contribution in [0.4, 0.5) is 0 Å². The Labute approximate surface area is 119 Å². The van der Waals surface area contributed by atoms with Gasteiger partial charge in [0.15, 0.2) is 5.82 Å². The van der Waals surface area contributed by atoms with Crippen molar-refractivity contribution in [2.45, 2.75) is 6.42 Å². The van der Waals surface area contributed by atoms with Gasteiger partial charge in [-0.3, -0.25) is 0 Å². The number of hydrogen-bond donors (Lipinski definition) is 1. The van der Waals surface area contributed by atoms with Gasteiger partial charge in [-0.25, -0.2) is 0 Å². The maximum Gasteiger partial charge on any atom is 0.261 e. The SMILES string of the molecule is COc1ccc(O)c(-c2nc(Cc3cccs3)no2)c1. The lowest BCUT2D eigenvalue weighted by Gasteiger charge is -2.02. The molecular weight excluding hydrogens is 276 g/mol. The quantitative estimate of drug-likeness (QED) is 0.799. The summed E-state index contributed by atoms with van der Waals surface area (Å²) in [4.78, 5) is 5.46. The highest BCUT2D eigenvalue weighted by Crippen LogP contribution is 2.31. The Morgan fingerprint density at radius 2 is 2.25 bits per heavy atom. The van der Waals surface area contributed by atoms with E-state index in [1.54, 1.807) is 30.6 Å². The van der Waals surface area contributed by atoms with Gasteiger partial charge in [0.05, 0.1) is 12.7 Å². The molecule has 0 radical (unpaired) electrons. The van der Waals surface area contributed by atoms with E-state index in [2.05, 4.69) is 10.1 Å². The molecule has 5 nitrogen and oxygen atoms in total. The number of aromatic hydroxyl groups is 1. The topological polar surface area (TPSA) is 68.4 Å². The van der Waals surface area contributed by atoms with E-state index in [1.165, 1.54) is 6.07 Å². The summed E-state index contributed by atoms with van der Waals surface area (Å²) in [5, 5.41) is 15.8. The summed E-state index contributed by atoms with van der Waals surface area (Å²) in [5.74, 6) is 1.57. The number of phenols is 1. The number of benzene rings is 1. The van der Waals surface area contributed by atoms with Gasteiger partial charge < -0.3 is 14.4 Å². The van der Waals surface area contributed by atoms with E-state index in [0.717, 1.165) is 4.88 Å². The Kier molecular flexibility index (Phi) is 3.39. The van der Waals surface area contributed by atoms with Crippen LogP contribution in [-0.2, 0) is 6.42 Å². The molecule has 3 rings (SSSR count). The minimum absolute atomic E-state index is 0.0807. The highest BCUT2D eigenvalue weighted by Gasteiger charge is 2.14. The summed E-state index contributed by atoms with van der Waals surface area (Å²) >= 11 is 1.64. The number of phenolic OH excluding ortho intramolecular Hbond substituents is 1. The fraction of sp³-hybridized carbons (Fsp3) is 0.143. The zero-order chi connectivity index (χ0) is 13.9. The van der Waals surface area contributed by atoms with Crippen LogP contribution in [0.3, 0.4) is 0 Å². The molecule has 2 aromatic heterocycles. The van der Waals surface area contributed by atoms with E-state index in [9.17, 15) is 5.11 Å². The summed E-state index contributed by atoms with van der Waals surface area (Å²) in [6.07, 6.45) is 0.617. The van der Waals surface area contributed by atoms with E-state index in [1.807, 2.05) is 17.5 Å². The molecule has 0 amide bonds. The number of thiophene rings is 1. The van der Waals surface area contributed by atoms with Crippen molar-refractivity contribution in [2.75, 3.05) is 7.11 Å². The third-order valence-corrected chi connectivity index (χ3v) is 3.69. The number of methoxy groups -OCH3 is 1. The van der Waals surface area contributed by atoms with Gasteiger partial charge >= 0.3 is 0 Å². The van der Waals surface area contributed by atoms with Crippen LogP contribution in [0, 0.1) is 0 Å². The second-order valence-corrected chi connectivity index (χ2v) is 5.19. The summed E-state index contributed by atoms with van der Waals surface area (Å²) < 4.78 is 10.3. The number of hydrogen-bond acceptors (Lipinski definition) is 6. The predicted molar refractivity (Wildman–Crippen MR) is 75.1 cm³/mol. The summed E-state index contributed by atoms with van der Waals surface area (Å²) in [5.41, 5.74) is 0.467. The van der Waals surface area contributed by atoms with Gasteiger partial charge in [-0.1, -0.05) is 11.2 Å². The monoisotopic (exact) mass is 288 g/mol. The Hall–Kier alpha value is -2.34. The third kappa shape index (κ3) is 2.50. The van der Waals surface area contributed by atoms with Gasteiger partial charge in [0.1, 0.15) is 11.5 Å². The van der Waals surface area contributed by atoms with Crippen LogP contribution in [0.1, 0.15) is 10.7 Å². The number of nitrogens with zero attached hydrogens (tertiary/aromatic N) is 2. The molecule has 0 aliphatic rings. The van der Waals surface area contributed by atoms with Crippen molar-refractivity contribution in [2.24, 2.45) is 0 Å². The number of ether oxygens (including phenoxy) is 1. The highest BCUT2D eigenvalue weighted by atomic mass is 32.1. The Balaban J connectivity index is 1.89. The van der Waals surface area contributed by atoms with Crippen molar-refractivity contribution < 1.29 is 14.4 Å². The van der Waals surface area contributed by atoms with Gasteiger partial charge in [-0.2, -0.15) is 4.98 Å². The molecule has 0 spiro atoms. The molecule has 1 aromatic carbocycles. The number of aromatic nitrogens is 2. The van der Waals surface area contributed by atoms with E-state index < -0.39 is 0 Å². The first-order valence-corrected chi connectivity index (χ1v) is 6.86. The first-order valence-electron chi connectivity index (χ1n) is 5.98. The van der Waals surface area contributed by atoms with Crippen molar-refractivity contribution in [3.05, 3.63) is 46.4 Å². The molecule has 0 aliphatic heterocycles. The summed E-state index contributed by atoms with van der Waals surface area (Å²) in [6.45, 7) is 0. The average molecular weight is 288 g/mol. The fourth-order valence-electron chi connectivity index (χ4n) is 1.82. The minimum Gasteiger partial charge on any atom is -0.507 e. The van der Waals surface area contributed by atoms with Crippen LogP contribution in [0.25, 0.3) is 11.5 Å². The van der Waals surface area contributed by atoms with Crippen LogP contribution in [0.2, 0.25) is 0 Å². The molecule has 0 bridgehead atoms. The largest absolute Gasteiger partial charge is 0.507 e.